The molecule has 0 radical (unpaired) electrons. The summed E-state index contributed by atoms with van der Waals surface area (Å²) in [5.74, 6) is 0. The molecule has 1 saturated carbocycles. The van der Waals surface area contributed by atoms with Crippen molar-refractivity contribution in [3.63, 3.8) is 0 Å². The van der Waals surface area contributed by atoms with Crippen molar-refractivity contribution in [3.05, 3.63) is 0 Å². The molecule has 0 unspecified atom stereocenters. The number of nitrogens with zero attached hydrogens (tertiary/aromatic N) is 1. The number of hydrogen-bond donors (Lipinski definition) is 1. The molecule has 0 spiro atoms. The fourth-order valence-corrected chi connectivity index (χ4v) is 1.40. The molecule has 1 aliphatic rings. The summed E-state index contributed by atoms with van der Waals surface area (Å²) in [5, 5.41) is 12.3. The Bertz CT molecular complexity index is 173. The Morgan fingerprint density at radius 1 is 1.42 bits per heavy atom. The Morgan fingerprint density at radius 2 is 2.00 bits per heavy atom. The Balaban J connectivity index is 2.21. The molecular weight excluding hydrogens is 148 g/mol. The third-order valence-electron chi connectivity index (χ3n) is 2.81. The van der Waals surface area contributed by atoms with Crippen LogP contribution in [0.1, 0.15) is 39.5 Å². The topological polar surface area (TPSA) is 35.8 Å². The quantitative estimate of drug-likeness (QED) is 0.678. The first kappa shape index (κ1) is 9.54. The molecule has 0 atom stereocenters. The molecular formula is C10H18N2. The third kappa shape index (κ3) is 2.22. The molecule has 0 heterocycles. The van der Waals surface area contributed by atoms with Gasteiger partial charge in [-0.1, -0.05) is 13.8 Å². The lowest BCUT2D eigenvalue weighted by Crippen LogP contribution is -2.32. The van der Waals surface area contributed by atoms with Gasteiger partial charge in [-0.15, -0.1) is 0 Å². The van der Waals surface area contributed by atoms with Crippen molar-refractivity contribution in [1.82, 2.24) is 5.32 Å². The molecule has 0 aromatic carbocycles. The molecule has 0 amide bonds. The molecule has 2 nitrogen and oxygen atoms in total. The number of hydrogen-bond acceptors (Lipinski definition) is 2. The van der Waals surface area contributed by atoms with E-state index in [-0.39, 0.29) is 5.41 Å². The molecule has 0 aliphatic heterocycles. The van der Waals surface area contributed by atoms with Crippen molar-refractivity contribution in [2.24, 2.45) is 5.41 Å². The summed E-state index contributed by atoms with van der Waals surface area (Å²) in [6, 6.07) is 3.00. The minimum atomic E-state index is 0.0165. The predicted molar refractivity (Wildman–Crippen MR) is 49.7 cm³/mol. The van der Waals surface area contributed by atoms with Crippen LogP contribution in [0.15, 0.2) is 0 Å². The van der Waals surface area contributed by atoms with E-state index >= 15 is 0 Å². The number of rotatable bonds is 5. The lowest BCUT2D eigenvalue weighted by atomic mass is 10.1. The average molecular weight is 166 g/mol. The van der Waals surface area contributed by atoms with E-state index in [2.05, 4.69) is 25.2 Å². The van der Waals surface area contributed by atoms with Crippen LogP contribution >= 0.6 is 0 Å². The molecule has 1 rings (SSSR count). The van der Waals surface area contributed by atoms with E-state index in [9.17, 15) is 0 Å². The monoisotopic (exact) mass is 166 g/mol. The van der Waals surface area contributed by atoms with Gasteiger partial charge in [-0.3, -0.25) is 0 Å². The molecule has 0 aromatic rings. The minimum Gasteiger partial charge on any atom is -0.312 e. The van der Waals surface area contributed by atoms with E-state index in [0.29, 0.717) is 6.04 Å². The van der Waals surface area contributed by atoms with Gasteiger partial charge in [0.25, 0.3) is 0 Å². The van der Waals surface area contributed by atoms with Crippen LogP contribution in [0.5, 0.6) is 0 Å². The largest absolute Gasteiger partial charge is 0.312 e. The van der Waals surface area contributed by atoms with Crippen molar-refractivity contribution >= 4 is 0 Å². The smallest absolute Gasteiger partial charge is 0.0703 e. The van der Waals surface area contributed by atoms with E-state index in [4.69, 9.17) is 5.26 Å². The lowest BCUT2D eigenvalue weighted by Gasteiger charge is -2.16. The minimum absolute atomic E-state index is 0.0165. The fraction of sp³-hybridized carbons (Fsp3) is 0.900. The second-order valence-electron chi connectivity index (χ2n) is 3.79. The van der Waals surface area contributed by atoms with Crippen LogP contribution in [0.4, 0.5) is 0 Å². The zero-order chi connectivity index (χ0) is 9.03. The van der Waals surface area contributed by atoms with Crippen LogP contribution in [0, 0.1) is 16.7 Å². The molecule has 1 aliphatic carbocycles. The number of nitrogens with one attached hydrogen (secondary N) is 1. The predicted octanol–water partition coefficient (Wildman–Crippen LogP) is 2.07. The SMILES string of the molecule is CCC(CC)NCC1(C#N)CC1. The van der Waals surface area contributed by atoms with Crippen molar-refractivity contribution in [3.8, 4) is 6.07 Å². The summed E-state index contributed by atoms with van der Waals surface area (Å²) < 4.78 is 0. The second-order valence-corrected chi connectivity index (χ2v) is 3.79. The molecule has 68 valence electrons. The van der Waals surface area contributed by atoms with Gasteiger partial charge in [-0.25, -0.2) is 0 Å². The van der Waals surface area contributed by atoms with Crippen molar-refractivity contribution < 1.29 is 0 Å². The van der Waals surface area contributed by atoms with E-state index in [1.807, 2.05) is 0 Å². The Morgan fingerprint density at radius 3 is 2.33 bits per heavy atom. The lowest BCUT2D eigenvalue weighted by molar-refractivity contribution is 0.443. The first-order valence-electron chi connectivity index (χ1n) is 4.91. The van der Waals surface area contributed by atoms with Crippen LogP contribution in [-0.4, -0.2) is 12.6 Å². The summed E-state index contributed by atoms with van der Waals surface area (Å²) in [4.78, 5) is 0. The fourth-order valence-electron chi connectivity index (χ4n) is 1.40. The zero-order valence-electron chi connectivity index (χ0n) is 8.06. The highest BCUT2D eigenvalue weighted by molar-refractivity contribution is 5.11. The highest BCUT2D eigenvalue weighted by Gasteiger charge is 2.42. The Kier molecular flexibility index (Phi) is 3.11. The van der Waals surface area contributed by atoms with E-state index in [1.54, 1.807) is 0 Å². The Hall–Kier alpha value is -0.550. The highest BCUT2D eigenvalue weighted by atomic mass is 14.9. The average Bonchev–Trinajstić information content (AvgIpc) is 2.87. The first-order valence-corrected chi connectivity index (χ1v) is 4.91. The molecule has 2 heteroatoms. The van der Waals surface area contributed by atoms with Crippen LogP contribution in [0.25, 0.3) is 0 Å². The van der Waals surface area contributed by atoms with E-state index in [1.165, 1.54) is 0 Å². The zero-order valence-corrected chi connectivity index (χ0v) is 8.06. The summed E-state index contributed by atoms with van der Waals surface area (Å²) in [5.41, 5.74) is 0.0165. The van der Waals surface area contributed by atoms with Gasteiger partial charge in [-0.2, -0.15) is 5.26 Å². The van der Waals surface area contributed by atoms with Crippen LogP contribution in [0.3, 0.4) is 0 Å². The van der Waals surface area contributed by atoms with Gasteiger partial charge in [0, 0.05) is 12.6 Å². The Labute approximate surface area is 75.0 Å². The van der Waals surface area contributed by atoms with Crippen molar-refractivity contribution in [1.29, 1.82) is 5.26 Å². The third-order valence-corrected chi connectivity index (χ3v) is 2.81. The molecule has 1 N–H and O–H groups in total. The van der Waals surface area contributed by atoms with Crippen LogP contribution in [0.2, 0.25) is 0 Å². The highest BCUT2D eigenvalue weighted by Crippen LogP contribution is 2.44. The molecule has 0 saturated heterocycles. The van der Waals surface area contributed by atoms with E-state index < -0.39 is 0 Å². The van der Waals surface area contributed by atoms with Crippen molar-refractivity contribution in [2.45, 2.75) is 45.6 Å². The maximum absolute atomic E-state index is 8.82. The van der Waals surface area contributed by atoms with Gasteiger partial charge in [-0.05, 0) is 25.7 Å². The van der Waals surface area contributed by atoms with Gasteiger partial charge in [0.2, 0.25) is 0 Å². The van der Waals surface area contributed by atoms with Gasteiger partial charge >= 0.3 is 0 Å². The van der Waals surface area contributed by atoms with Gasteiger partial charge in [0.15, 0.2) is 0 Å². The summed E-state index contributed by atoms with van der Waals surface area (Å²) in [7, 11) is 0. The first-order chi connectivity index (χ1) is 5.76. The second kappa shape index (κ2) is 3.91. The molecule has 12 heavy (non-hydrogen) atoms. The maximum Gasteiger partial charge on any atom is 0.0703 e. The standard InChI is InChI=1S/C10H18N2/c1-3-9(4-2)12-8-10(7-11)5-6-10/h9,12H,3-6,8H2,1-2H3. The van der Waals surface area contributed by atoms with Gasteiger partial charge in [0.05, 0.1) is 11.5 Å². The van der Waals surface area contributed by atoms with E-state index in [0.717, 1.165) is 32.2 Å². The summed E-state index contributed by atoms with van der Waals surface area (Å²) in [6.07, 6.45) is 4.52. The number of nitriles is 1. The van der Waals surface area contributed by atoms with Crippen molar-refractivity contribution in [2.75, 3.05) is 6.54 Å². The molecule has 0 bridgehead atoms. The van der Waals surface area contributed by atoms with Gasteiger partial charge < -0.3 is 5.32 Å². The summed E-state index contributed by atoms with van der Waals surface area (Å²) >= 11 is 0. The van der Waals surface area contributed by atoms with Crippen LogP contribution in [-0.2, 0) is 0 Å². The maximum atomic E-state index is 8.82. The molecule has 0 aromatic heterocycles. The normalized spacial score (nSPS) is 19.2. The van der Waals surface area contributed by atoms with Gasteiger partial charge in [0.1, 0.15) is 0 Å². The summed E-state index contributed by atoms with van der Waals surface area (Å²) in [6.45, 7) is 5.27. The molecule has 1 fully saturated rings. The van der Waals surface area contributed by atoms with Crippen LogP contribution < -0.4 is 5.32 Å².